The van der Waals surface area contributed by atoms with Crippen molar-refractivity contribution in [2.24, 2.45) is 0 Å². The standard InChI is InChI=1S/C12H17N3O4/c1-4-8(6-10(16)17)14-9-5-7(2)13-11(15-9)12(18)19-3/h5,8H,4,6H2,1-3H3,(H,16,17)(H,13,14,15). The van der Waals surface area contributed by atoms with E-state index in [2.05, 4.69) is 20.0 Å². The minimum atomic E-state index is -0.890. The number of hydrogen-bond donors (Lipinski definition) is 2. The summed E-state index contributed by atoms with van der Waals surface area (Å²) in [7, 11) is 1.25. The van der Waals surface area contributed by atoms with Crippen molar-refractivity contribution < 1.29 is 19.4 Å². The van der Waals surface area contributed by atoms with Crippen LogP contribution in [0.2, 0.25) is 0 Å². The van der Waals surface area contributed by atoms with Crippen LogP contribution in [0.1, 0.15) is 36.1 Å². The van der Waals surface area contributed by atoms with Gasteiger partial charge in [-0.3, -0.25) is 4.79 Å². The predicted octanol–water partition coefficient (Wildman–Crippen LogP) is 1.24. The van der Waals surface area contributed by atoms with E-state index in [1.54, 1.807) is 13.0 Å². The predicted molar refractivity (Wildman–Crippen MR) is 68.1 cm³/mol. The quantitative estimate of drug-likeness (QED) is 0.747. The summed E-state index contributed by atoms with van der Waals surface area (Å²) in [5, 5.41) is 11.8. The highest BCUT2D eigenvalue weighted by molar-refractivity contribution is 5.85. The summed E-state index contributed by atoms with van der Waals surface area (Å²) >= 11 is 0. The first kappa shape index (κ1) is 14.9. The number of anilines is 1. The lowest BCUT2D eigenvalue weighted by Crippen LogP contribution is -2.23. The minimum Gasteiger partial charge on any atom is -0.481 e. The Balaban J connectivity index is 2.90. The molecule has 2 N–H and O–H groups in total. The van der Waals surface area contributed by atoms with Gasteiger partial charge in [0.25, 0.3) is 0 Å². The molecule has 0 fully saturated rings. The van der Waals surface area contributed by atoms with E-state index >= 15 is 0 Å². The molecule has 0 aliphatic rings. The van der Waals surface area contributed by atoms with Crippen LogP contribution in [0.5, 0.6) is 0 Å². The van der Waals surface area contributed by atoms with E-state index in [9.17, 15) is 9.59 Å². The Hall–Kier alpha value is -2.18. The van der Waals surface area contributed by atoms with E-state index in [0.717, 1.165) is 0 Å². The Kier molecular flexibility index (Phi) is 5.23. The van der Waals surface area contributed by atoms with E-state index in [4.69, 9.17) is 5.11 Å². The highest BCUT2D eigenvalue weighted by atomic mass is 16.5. The number of carbonyl (C=O) groups excluding carboxylic acids is 1. The van der Waals surface area contributed by atoms with Crippen LogP contribution in [-0.4, -0.2) is 40.2 Å². The molecule has 0 aliphatic carbocycles. The van der Waals surface area contributed by atoms with Gasteiger partial charge in [-0.15, -0.1) is 0 Å². The number of esters is 1. The normalized spacial score (nSPS) is 11.7. The first-order valence-corrected chi connectivity index (χ1v) is 5.88. The van der Waals surface area contributed by atoms with Crippen molar-refractivity contribution >= 4 is 17.8 Å². The number of nitrogens with one attached hydrogen (secondary N) is 1. The van der Waals surface area contributed by atoms with Gasteiger partial charge in [0.05, 0.1) is 13.5 Å². The second kappa shape index (κ2) is 6.67. The van der Waals surface area contributed by atoms with Gasteiger partial charge < -0.3 is 15.2 Å². The maximum atomic E-state index is 11.4. The van der Waals surface area contributed by atoms with E-state index in [1.165, 1.54) is 7.11 Å². The molecular weight excluding hydrogens is 250 g/mol. The zero-order chi connectivity index (χ0) is 14.4. The Morgan fingerprint density at radius 1 is 1.47 bits per heavy atom. The molecule has 19 heavy (non-hydrogen) atoms. The van der Waals surface area contributed by atoms with Crippen molar-refractivity contribution in [2.75, 3.05) is 12.4 Å². The topological polar surface area (TPSA) is 101 Å². The summed E-state index contributed by atoms with van der Waals surface area (Å²) in [5.74, 6) is -1.15. The fourth-order valence-corrected chi connectivity index (χ4v) is 1.54. The third-order valence-electron chi connectivity index (χ3n) is 2.49. The fraction of sp³-hybridized carbons (Fsp3) is 0.500. The maximum absolute atomic E-state index is 11.4. The lowest BCUT2D eigenvalue weighted by molar-refractivity contribution is -0.137. The molecule has 1 atom stereocenters. The van der Waals surface area contributed by atoms with Gasteiger partial charge in [0, 0.05) is 17.8 Å². The number of hydrogen-bond acceptors (Lipinski definition) is 6. The van der Waals surface area contributed by atoms with Gasteiger partial charge in [0.15, 0.2) is 0 Å². The van der Waals surface area contributed by atoms with Crippen LogP contribution >= 0.6 is 0 Å². The van der Waals surface area contributed by atoms with Crippen molar-refractivity contribution in [2.45, 2.75) is 32.7 Å². The molecule has 0 spiro atoms. The third kappa shape index (κ3) is 4.53. The van der Waals surface area contributed by atoms with Gasteiger partial charge in [-0.1, -0.05) is 6.92 Å². The molecule has 7 heteroatoms. The minimum absolute atomic E-state index is 0.0207. The number of carboxylic acid groups (broad SMARTS) is 1. The summed E-state index contributed by atoms with van der Waals surface area (Å²) < 4.78 is 4.56. The largest absolute Gasteiger partial charge is 0.481 e. The lowest BCUT2D eigenvalue weighted by Gasteiger charge is -2.16. The highest BCUT2D eigenvalue weighted by Crippen LogP contribution is 2.11. The summed E-state index contributed by atoms with van der Waals surface area (Å²) in [6, 6.07) is 1.40. The third-order valence-corrected chi connectivity index (χ3v) is 2.49. The second-order valence-electron chi connectivity index (χ2n) is 4.06. The van der Waals surface area contributed by atoms with Gasteiger partial charge in [0.2, 0.25) is 5.82 Å². The Bertz CT molecular complexity index is 476. The van der Waals surface area contributed by atoms with E-state index in [1.807, 2.05) is 6.92 Å². The van der Waals surface area contributed by atoms with Crippen molar-refractivity contribution in [1.82, 2.24) is 9.97 Å². The molecule has 0 saturated heterocycles. The average molecular weight is 267 g/mol. The van der Waals surface area contributed by atoms with E-state index < -0.39 is 11.9 Å². The van der Waals surface area contributed by atoms with Crippen molar-refractivity contribution in [3.05, 3.63) is 17.6 Å². The lowest BCUT2D eigenvalue weighted by atomic mass is 10.1. The fourth-order valence-electron chi connectivity index (χ4n) is 1.54. The zero-order valence-corrected chi connectivity index (χ0v) is 11.1. The van der Waals surface area contributed by atoms with Crippen LogP contribution in [0, 0.1) is 6.92 Å². The second-order valence-corrected chi connectivity index (χ2v) is 4.06. The number of aromatic nitrogens is 2. The SMILES string of the molecule is CCC(CC(=O)O)Nc1cc(C)nc(C(=O)OC)n1. The number of aliphatic carboxylic acids is 1. The van der Waals surface area contributed by atoms with Crippen LogP contribution in [0.3, 0.4) is 0 Å². The van der Waals surface area contributed by atoms with Crippen LogP contribution in [0.15, 0.2) is 6.07 Å². The molecule has 1 rings (SSSR count). The van der Waals surface area contributed by atoms with Crippen LogP contribution in [0.4, 0.5) is 5.82 Å². The van der Waals surface area contributed by atoms with Crippen molar-refractivity contribution in [1.29, 1.82) is 0 Å². The summed E-state index contributed by atoms with van der Waals surface area (Å²) in [6.45, 7) is 3.59. The number of carboxylic acids is 1. The van der Waals surface area contributed by atoms with Crippen LogP contribution in [0.25, 0.3) is 0 Å². The number of carbonyl (C=O) groups is 2. The molecule has 1 aromatic rings. The Morgan fingerprint density at radius 3 is 2.68 bits per heavy atom. The summed E-state index contributed by atoms with van der Waals surface area (Å²) in [5.41, 5.74) is 0.600. The Morgan fingerprint density at radius 2 is 2.16 bits per heavy atom. The number of rotatable bonds is 6. The van der Waals surface area contributed by atoms with Gasteiger partial charge in [-0.25, -0.2) is 14.8 Å². The molecule has 0 aliphatic heterocycles. The van der Waals surface area contributed by atoms with Gasteiger partial charge in [-0.2, -0.15) is 0 Å². The number of methoxy groups -OCH3 is 1. The zero-order valence-electron chi connectivity index (χ0n) is 11.1. The smallest absolute Gasteiger partial charge is 0.376 e. The molecule has 1 heterocycles. The molecule has 7 nitrogen and oxygen atoms in total. The van der Waals surface area contributed by atoms with Gasteiger partial charge in [0.1, 0.15) is 5.82 Å². The molecule has 0 radical (unpaired) electrons. The van der Waals surface area contributed by atoms with E-state index in [0.29, 0.717) is 17.9 Å². The first-order valence-electron chi connectivity index (χ1n) is 5.88. The van der Waals surface area contributed by atoms with Crippen molar-refractivity contribution in [3.63, 3.8) is 0 Å². The molecule has 0 aromatic carbocycles. The monoisotopic (exact) mass is 267 g/mol. The number of aryl methyl sites for hydroxylation is 1. The summed E-state index contributed by atoms with van der Waals surface area (Å²) in [4.78, 5) is 30.0. The Labute approximate surface area is 111 Å². The number of ether oxygens (including phenoxy) is 1. The van der Waals surface area contributed by atoms with E-state index in [-0.39, 0.29) is 18.3 Å². The maximum Gasteiger partial charge on any atom is 0.376 e. The average Bonchev–Trinajstić information content (AvgIpc) is 2.35. The number of nitrogens with zero attached hydrogens (tertiary/aromatic N) is 2. The van der Waals surface area contributed by atoms with Gasteiger partial charge >= 0.3 is 11.9 Å². The first-order chi connectivity index (χ1) is 8.96. The molecule has 0 amide bonds. The molecule has 0 bridgehead atoms. The molecule has 104 valence electrons. The molecular formula is C12H17N3O4. The molecule has 1 aromatic heterocycles. The highest BCUT2D eigenvalue weighted by Gasteiger charge is 2.15. The van der Waals surface area contributed by atoms with Crippen LogP contribution in [-0.2, 0) is 9.53 Å². The molecule has 0 saturated carbocycles. The van der Waals surface area contributed by atoms with Crippen LogP contribution < -0.4 is 5.32 Å². The van der Waals surface area contributed by atoms with Gasteiger partial charge in [-0.05, 0) is 13.3 Å². The molecule has 1 unspecified atom stereocenters. The summed E-state index contributed by atoms with van der Waals surface area (Å²) in [6.07, 6.45) is 0.607. The van der Waals surface area contributed by atoms with Crippen molar-refractivity contribution in [3.8, 4) is 0 Å².